The van der Waals surface area contributed by atoms with E-state index < -0.39 is 23.3 Å². The summed E-state index contributed by atoms with van der Waals surface area (Å²) in [7, 11) is 0. The number of rotatable bonds is 4. The summed E-state index contributed by atoms with van der Waals surface area (Å²) in [6, 6.07) is 6.73. The van der Waals surface area contributed by atoms with Crippen LogP contribution in [0.25, 0.3) is 6.08 Å². The molecule has 0 saturated carbocycles. The minimum atomic E-state index is -1.28. The average Bonchev–Trinajstić information content (AvgIpc) is 2.65. The van der Waals surface area contributed by atoms with Crippen molar-refractivity contribution in [3.63, 3.8) is 0 Å². The van der Waals surface area contributed by atoms with E-state index in [1.165, 1.54) is 18.2 Å². The Hall–Kier alpha value is -1.95. The summed E-state index contributed by atoms with van der Waals surface area (Å²) < 4.78 is 14.9. The highest BCUT2D eigenvalue weighted by Gasteiger charge is 2.39. The number of piperidine rings is 1. The Bertz CT molecular complexity index is 805. The van der Waals surface area contributed by atoms with Gasteiger partial charge in [-0.15, -0.1) is 0 Å². The number of aliphatic hydroxyl groups is 1. The van der Waals surface area contributed by atoms with Crippen molar-refractivity contribution in [1.82, 2.24) is 5.32 Å². The van der Waals surface area contributed by atoms with Crippen molar-refractivity contribution in [2.75, 3.05) is 13.1 Å². The molecule has 0 spiro atoms. The summed E-state index contributed by atoms with van der Waals surface area (Å²) in [6.45, 7) is 3.21. The Morgan fingerprint density at radius 2 is 1.93 bits per heavy atom. The molecule has 1 heterocycles. The number of benzene rings is 1. The Labute approximate surface area is 163 Å². The standard InChI is InChI=1S/C21H23ClFNO3/c1-21(27,14-6-8-24-9-7-14)15-11-18(20(25)26)17(19(23)12-15)10-13-2-4-16(22)5-3-13/h2-5,10-12,14,18,24,27H,6-9H2,1H3,(H,25,26). The van der Waals surface area contributed by atoms with Crippen LogP contribution >= 0.6 is 11.6 Å². The lowest BCUT2D eigenvalue weighted by molar-refractivity contribution is -0.138. The van der Waals surface area contributed by atoms with Crippen LogP contribution in [0.15, 0.2) is 53.4 Å². The first-order valence-corrected chi connectivity index (χ1v) is 9.39. The minimum Gasteiger partial charge on any atom is -0.481 e. The van der Waals surface area contributed by atoms with Gasteiger partial charge in [0.2, 0.25) is 0 Å². The summed E-state index contributed by atoms with van der Waals surface area (Å²) in [4.78, 5) is 11.8. The fourth-order valence-corrected chi connectivity index (χ4v) is 3.85. The number of allylic oxidation sites excluding steroid dienone is 1. The second-order valence-electron chi connectivity index (χ2n) is 7.25. The van der Waals surface area contributed by atoms with Crippen LogP contribution < -0.4 is 5.32 Å². The lowest BCUT2D eigenvalue weighted by Crippen LogP contribution is -2.43. The van der Waals surface area contributed by atoms with Crippen LogP contribution in [-0.4, -0.2) is 34.9 Å². The zero-order valence-electron chi connectivity index (χ0n) is 15.1. The van der Waals surface area contributed by atoms with Crippen LogP contribution in [0.1, 0.15) is 25.3 Å². The molecule has 1 saturated heterocycles. The first-order chi connectivity index (χ1) is 12.8. The monoisotopic (exact) mass is 391 g/mol. The molecule has 0 radical (unpaired) electrons. The van der Waals surface area contributed by atoms with Crippen molar-refractivity contribution >= 4 is 23.6 Å². The summed E-state index contributed by atoms with van der Waals surface area (Å²) in [6.07, 6.45) is 5.75. The molecule has 6 heteroatoms. The molecular formula is C21H23ClFNO3. The molecule has 0 aromatic heterocycles. The summed E-state index contributed by atoms with van der Waals surface area (Å²) in [5.74, 6) is -3.00. The molecule has 0 bridgehead atoms. The molecule has 3 rings (SSSR count). The topological polar surface area (TPSA) is 69.6 Å². The molecule has 1 aliphatic heterocycles. The number of carboxylic acids is 1. The molecule has 4 nitrogen and oxygen atoms in total. The maximum absolute atomic E-state index is 14.9. The van der Waals surface area contributed by atoms with E-state index in [1.54, 1.807) is 31.2 Å². The zero-order valence-corrected chi connectivity index (χ0v) is 15.8. The molecule has 3 N–H and O–H groups in total. The third kappa shape index (κ3) is 4.32. The third-order valence-electron chi connectivity index (χ3n) is 5.42. The third-order valence-corrected chi connectivity index (χ3v) is 5.67. The number of hydrogen-bond donors (Lipinski definition) is 3. The molecule has 1 aromatic rings. The van der Waals surface area contributed by atoms with E-state index in [0.717, 1.165) is 25.9 Å². The SMILES string of the molecule is CC(O)(C1=CC(C(=O)O)C(=Cc2ccc(Cl)cc2)C(F)=C1)C1CCNCC1. The normalized spacial score (nSPS) is 24.9. The van der Waals surface area contributed by atoms with Gasteiger partial charge < -0.3 is 15.5 Å². The van der Waals surface area contributed by atoms with E-state index >= 15 is 0 Å². The highest BCUT2D eigenvalue weighted by molar-refractivity contribution is 6.30. The lowest BCUT2D eigenvalue weighted by Gasteiger charge is -2.38. The Morgan fingerprint density at radius 3 is 2.52 bits per heavy atom. The van der Waals surface area contributed by atoms with Gasteiger partial charge in [-0.3, -0.25) is 4.79 Å². The smallest absolute Gasteiger partial charge is 0.314 e. The average molecular weight is 392 g/mol. The van der Waals surface area contributed by atoms with Crippen molar-refractivity contribution < 1.29 is 19.4 Å². The van der Waals surface area contributed by atoms with Gasteiger partial charge in [0.05, 0.1) is 5.60 Å². The fraction of sp³-hybridized carbons (Fsp3) is 0.381. The molecule has 27 heavy (non-hydrogen) atoms. The highest BCUT2D eigenvalue weighted by Crippen LogP contribution is 2.40. The summed E-state index contributed by atoms with van der Waals surface area (Å²) in [5, 5.41) is 24.5. The van der Waals surface area contributed by atoms with Gasteiger partial charge in [-0.2, -0.15) is 0 Å². The van der Waals surface area contributed by atoms with Gasteiger partial charge in [-0.1, -0.05) is 29.8 Å². The van der Waals surface area contributed by atoms with Gasteiger partial charge in [-0.05, 0) is 74.2 Å². The number of carbonyl (C=O) groups is 1. The van der Waals surface area contributed by atoms with Gasteiger partial charge in [0, 0.05) is 10.6 Å². The van der Waals surface area contributed by atoms with E-state index in [0.29, 0.717) is 16.2 Å². The van der Waals surface area contributed by atoms with Crippen molar-refractivity contribution in [1.29, 1.82) is 0 Å². The van der Waals surface area contributed by atoms with Crippen molar-refractivity contribution in [2.24, 2.45) is 11.8 Å². The van der Waals surface area contributed by atoms with E-state index in [1.807, 2.05) is 0 Å². The molecule has 2 unspecified atom stereocenters. The van der Waals surface area contributed by atoms with Crippen LogP contribution in [0, 0.1) is 11.8 Å². The predicted molar refractivity (Wildman–Crippen MR) is 104 cm³/mol. The Kier molecular flexibility index (Phi) is 5.84. The molecule has 144 valence electrons. The zero-order chi connectivity index (χ0) is 19.6. The maximum atomic E-state index is 14.9. The Morgan fingerprint density at radius 1 is 1.30 bits per heavy atom. The van der Waals surface area contributed by atoms with Crippen LogP contribution in [0.5, 0.6) is 0 Å². The largest absolute Gasteiger partial charge is 0.481 e. The predicted octanol–water partition coefficient (Wildman–Crippen LogP) is 3.97. The van der Waals surface area contributed by atoms with Crippen molar-refractivity contribution in [3.05, 3.63) is 64.0 Å². The van der Waals surface area contributed by atoms with Gasteiger partial charge in [0.15, 0.2) is 0 Å². The number of halogens is 2. The molecule has 1 aliphatic carbocycles. The minimum absolute atomic E-state index is 0.0507. The molecule has 2 atom stereocenters. The molecular weight excluding hydrogens is 369 g/mol. The first kappa shape index (κ1) is 19.8. The quantitative estimate of drug-likeness (QED) is 0.726. The van der Waals surface area contributed by atoms with Crippen LogP contribution in [0.4, 0.5) is 4.39 Å². The number of nitrogens with one attached hydrogen (secondary N) is 1. The van der Waals surface area contributed by atoms with E-state index in [4.69, 9.17) is 11.6 Å². The summed E-state index contributed by atoms with van der Waals surface area (Å²) >= 11 is 5.86. The molecule has 2 aliphatic rings. The molecule has 0 amide bonds. The second kappa shape index (κ2) is 7.97. The van der Waals surface area contributed by atoms with E-state index in [-0.39, 0.29) is 11.5 Å². The first-order valence-electron chi connectivity index (χ1n) is 9.02. The summed E-state index contributed by atoms with van der Waals surface area (Å²) in [5.41, 5.74) is -0.229. The van der Waals surface area contributed by atoms with Gasteiger partial charge >= 0.3 is 5.97 Å². The van der Waals surface area contributed by atoms with Crippen LogP contribution in [0.3, 0.4) is 0 Å². The Balaban J connectivity index is 1.96. The van der Waals surface area contributed by atoms with Gasteiger partial charge in [0.1, 0.15) is 11.7 Å². The van der Waals surface area contributed by atoms with Crippen molar-refractivity contribution in [2.45, 2.75) is 25.4 Å². The molecule has 1 fully saturated rings. The highest BCUT2D eigenvalue weighted by atomic mass is 35.5. The number of hydrogen-bond acceptors (Lipinski definition) is 3. The number of aliphatic carboxylic acids is 1. The van der Waals surface area contributed by atoms with Crippen molar-refractivity contribution in [3.8, 4) is 0 Å². The molecule has 1 aromatic carbocycles. The fourth-order valence-electron chi connectivity index (χ4n) is 3.72. The second-order valence-corrected chi connectivity index (χ2v) is 7.69. The van der Waals surface area contributed by atoms with Gasteiger partial charge in [-0.25, -0.2) is 4.39 Å². The lowest BCUT2D eigenvalue weighted by atomic mass is 9.74. The van der Waals surface area contributed by atoms with Crippen LogP contribution in [0.2, 0.25) is 5.02 Å². The maximum Gasteiger partial charge on any atom is 0.314 e. The van der Waals surface area contributed by atoms with E-state index in [9.17, 15) is 19.4 Å². The number of carboxylic acid groups (broad SMARTS) is 1. The van der Waals surface area contributed by atoms with Crippen LogP contribution in [-0.2, 0) is 4.79 Å². The van der Waals surface area contributed by atoms with E-state index in [2.05, 4.69) is 5.32 Å². The van der Waals surface area contributed by atoms with Gasteiger partial charge in [0.25, 0.3) is 0 Å².